The molecule has 1 saturated carbocycles. The summed E-state index contributed by atoms with van der Waals surface area (Å²) < 4.78 is 5.82. The van der Waals surface area contributed by atoms with Crippen molar-refractivity contribution in [3.63, 3.8) is 0 Å². The predicted octanol–water partition coefficient (Wildman–Crippen LogP) is 2.22. The smallest absolute Gasteiger partial charge is 0.237 e. The van der Waals surface area contributed by atoms with Gasteiger partial charge in [-0.15, -0.1) is 0 Å². The fourth-order valence-corrected chi connectivity index (χ4v) is 2.04. The van der Waals surface area contributed by atoms with Crippen LogP contribution in [0.3, 0.4) is 0 Å². The molecule has 0 aliphatic heterocycles. The topological polar surface area (TPSA) is 64.4 Å². The maximum Gasteiger partial charge on any atom is 0.237 e. The molecular formula is C16H24N2O2. The van der Waals surface area contributed by atoms with Crippen molar-refractivity contribution in [2.75, 3.05) is 6.61 Å². The van der Waals surface area contributed by atoms with Gasteiger partial charge >= 0.3 is 0 Å². The molecule has 1 unspecified atom stereocenters. The zero-order chi connectivity index (χ0) is 14.4. The minimum Gasteiger partial charge on any atom is -0.493 e. The quantitative estimate of drug-likeness (QED) is 0.765. The van der Waals surface area contributed by atoms with Gasteiger partial charge in [-0.1, -0.05) is 31.5 Å². The van der Waals surface area contributed by atoms with Gasteiger partial charge in [-0.05, 0) is 31.2 Å². The predicted molar refractivity (Wildman–Crippen MR) is 79.4 cm³/mol. The van der Waals surface area contributed by atoms with Crippen molar-refractivity contribution in [3.05, 3.63) is 29.8 Å². The minimum atomic E-state index is -0.417. The van der Waals surface area contributed by atoms with E-state index in [1.807, 2.05) is 31.2 Å². The molecule has 0 spiro atoms. The largest absolute Gasteiger partial charge is 0.493 e. The molecule has 1 atom stereocenters. The van der Waals surface area contributed by atoms with E-state index in [9.17, 15) is 4.79 Å². The highest BCUT2D eigenvalue weighted by molar-refractivity contribution is 5.81. The maximum atomic E-state index is 11.8. The van der Waals surface area contributed by atoms with Gasteiger partial charge in [0, 0.05) is 12.1 Å². The zero-order valence-electron chi connectivity index (χ0n) is 12.1. The molecule has 0 aromatic heterocycles. The Labute approximate surface area is 120 Å². The van der Waals surface area contributed by atoms with Gasteiger partial charge in [-0.3, -0.25) is 4.79 Å². The summed E-state index contributed by atoms with van der Waals surface area (Å²) in [6.45, 7) is 3.27. The summed E-state index contributed by atoms with van der Waals surface area (Å²) >= 11 is 0. The summed E-state index contributed by atoms with van der Waals surface area (Å²) in [4.78, 5) is 11.8. The SMILES string of the molecule is CCCC(N)C(=O)NCc1ccccc1OCC1CC1. The maximum absolute atomic E-state index is 11.8. The van der Waals surface area contributed by atoms with Crippen LogP contribution in [0, 0.1) is 5.92 Å². The van der Waals surface area contributed by atoms with Crippen molar-refractivity contribution < 1.29 is 9.53 Å². The van der Waals surface area contributed by atoms with Crippen molar-refractivity contribution >= 4 is 5.91 Å². The van der Waals surface area contributed by atoms with Crippen LogP contribution in [-0.4, -0.2) is 18.6 Å². The lowest BCUT2D eigenvalue weighted by Crippen LogP contribution is -2.40. The van der Waals surface area contributed by atoms with E-state index < -0.39 is 6.04 Å². The van der Waals surface area contributed by atoms with Gasteiger partial charge in [0.05, 0.1) is 12.6 Å². The van der Waals surface area contributed by atoms with Gasteiger partial charge in [-0.25, -0.2) is 0 Å². The third-order valence-corrected chi connectivity index (χ3v) is 3.53. The Morgan fingerprint density at radius 2 is 2.20 bits per heavy atom. The number of carbonyl (C=O) groups is 1. The normalized spacial score (nSPS) is 15.7. The first-order chi connectivity index (χ1) is 9.70. The Balaban J connectivity index is 1.86. The number of rotatable bonds is 8. The monoisotopic (exact) mass is 276 g/mol. The van der Waals surface area contributed by atoms with E-state index >= 15 is 0 Å². The number of nitrogens with one attached hydrogen (secondary N) is 1. The third-order valence-electron chi connectivity index (χ3n) is 3.53. The Morgan fingerprint density at radius 1 is 1.45 bits per heavy atom. The van der Waals surface area contributed by atoms with Crippen molar-refractivity contribution in [2.24, 2.45) is 11.7 Å². The highest BCUT2D eigenvalue weighted by Crippen LogP contribution is 2.30. The van der Waals surface area contributed by atoms with Crippen molar-refractivity contribution in [1.82, 2.24) is 5.32 Å². The molecule has 1 fully saturated rings. The lowest BCUT2D eigenvalue weighted by atomic mass is 10.1. The van der Waals surface area contributed by atoms with E-state index in [0.717, 1.165) is 30.3 Å². The molecule has 4 heteroatoms. The molecule has 110 valence electrons. The summed E-state index contributed by atoms with van der Waals surface area (Å²) in [7, 11) is 0. The second kappa shape index (κ2) is 7.29. The number of hydrogen-bond donors (Lipinski definition) is 2. The van der Waals surface area contributed by atoms with Crippen molar-refractivity contribution in [2.45, 2.75) is 45.2 Å². The molecule has 1 amide bonds. The molecule has 0 saturated heterocycles. The van der Waals surface area contributed by atoms with E-state index in [-0.39, 0.29) is 5.91 Å². The Bertz CT molecular complexity index is 444. The summed E-state index contributed by atoms with van der Waals surface area (Å²) in [5, 5.41) is 2.88. The number of benzene rings is 1. The number of ether oxygens (including phenoxy) is 1. The lowest BCUT2D eigenvalue weighted by Gasteiger charge is -2.14. The zero-order valence-corrected chi connectivity index (χ0v) is 12.1. The molecule has 0 radical (unpaired) electrons. The molecular weight excluding hydrogens is 252 g/mol. The third kappa shape index (κ3) is 4.53. The van der Waals surface area contributed by atoms with Gasteiger partial charge in [-0.2, -0.15) is 0 Å². The average Bonchev–Trinajstić information content (AvgIpc) is 3.27. The second-order valence-corrected chi connectivity index (χ2v) is 5.48. The van der Waals surface area contributed by atoms with Gasteiger partial charge < -0.3 is 15.8 Å². The van der Waals surface area contributed by atoms with Gasteiger partial charge in [0.15, 0.2) is 0 Å². The highest BCUT2D eigenvalue weighted by atomic mass is 16.5. The highest BCUT2D eigenvalue weighted by Gasteiger charge is 2.22. The van der Waals surface area contributed by atoms with Crippen molar-refractivity contribution in [3.8, 4) is 5.75 Å². The van der Waals surface area contributed by atoms with E-state index in [1.54, 1.807) is 0 Å². The van der Waals surface area contributed by atoms with E-state index in [0.29, 0.717) is 13.0 Å². The van der Waals surface area contributed by atoms with Crippen molar-refractivity contribution in [1.29, 1.82) is 0 Å². The van der Waals surface area contributed by atoms with Crippen LogP contribution < -0.4 is 15.8 Å². The van der Waals surface area contributed by atoms with Crippen LogP contribution in [0.4, 0.5) is 0 Å². The number of carbonyl (C=O) groups excluding carboxylic acids is 1. The summed E-state index contributed by atoms with van der Waals surface area (Å²) in [6.07, 6.45) is 4.16. The van der Waals surface area contributed by atoms with Crippen LogP contribution in [0.5, 0.6) is 5.75 Å². The number of nitrogens with two attached hydrogens (primary N) is 1. The summed E-state index contributed by atoms with van der Waals surface area (Å²) in [5.74, 6) is 1.49. The molecule has 0 bridgehead atoms. The number of amides is 1. The standard InChI is InChI=1S/C16H24N2O2/c1-2-5-14(17)16(19)18-10-13-6-3-4-7-15(13)20-11-12-8-9-12/h3-4,6-7,12,14H,2,5,8-11,17H2,1H3,(H,18,19). The minimum absolute atomic E-state index is 0.0937. The molecule has 4 nitrogen and oxygen atoms in total. The first-order valence-corrected chi connectivity index (χ1v) is 7.44. The van der Waals surface area contributed by atoms with Gasteiger partial charge in [0.25, 0.3) is 0 Å². The van der Waals surface area contributed by atoms with E-state index in [2.05, 4.69) is 5.32 Å². The Hall–Kier alpha value is -1.55. The van der Waals surface area contributed by atoms with Crippen LogP contribution in [0.25, 0.3) is 0 Å². The lowest BCUT2D eigenvalue weighted by molar-refractivity contribution is -0.122. The Kier molecular flexibility index (Phi) is 5.41. The van der Waals surface area contributed by atoms with Crippen LogP contribution in [0.2, 0.25) is 0 Å². The molecule has 1 aliphatic rings. The molecule has 1 aromatic carbocycles. The van der Waals surface area contributed by atoms with E-state index in [1.165, 1.54) is 12.8 Å². The first kappa shape index (κ1) is 14.9. The first-order valence-electron chi connectivity index (χ1n) is 7.44. The number of para-hydroxylation sites is 1. The van der Waals surface area contributed by atoms with E-state index in [4.69, 9.17) is 10.5 Å². The summed E-state index contributed by atoms with van der Waals surface area (Å²) in [5.41, 5.74) is 6.80. The molecule has 1 aromatic rings. The fourth-order valence-electron chi connectivity index (χ4n) is 2.04. The van der Waals surface area contributed by atoms with Gasteiger partial charge in [0.1, 0.15) is 5.75 Å². The van der Waals surface area contributed by atoms with Crippen LogP contribution in [-0.2, 0) is 11.3 Å². The Morgan fingerprint density at radius 3 is 2.90 bits per heavy atom. The molecule has 3 N–H and O–H groups in total. The van der Waals surface area contributed by atoms with Crippen LogP contribution in [0.1, 0.15) is 38.2 Å². The molecule has 0 heterocycles. The number of hydrogen-bond acceptors (Lipinski definition) is 3. The van der Waals surface area contributed by atoms with Crippen LogP contribution >= 0.6 is 0 Å². The average molecular weight is 276 g/mol. The molecule has 20 heavy (non-hydrogen) atoms. The second-order valence-electron chi connectivity index (χ2n) is 5.48. The molecule has 2 rings (SSSR count). The fraction of sp³-hybridized carbons (Fsp3) is 0.562. The summed E-state index contributed by atoms with van der Waals surface area (Å²) in [6, 6.07) is 7.43. The van der Waals surface area contributed by atoms with Gasteiger partial charge in [0.2, 0.25) is 5.91 Å². The van der Waals surface area contributed by atoms with Crippen LogP contribution in [0.15, 0.2) is 24.3 Å². The molecule has 1 aliphatic carbocycles.